The Morgan fingerprint density at radius 1 is 1.20 bits per heavy atom. The summed E-state index contributed by atoms with van der Waals surface area (Å²) in [6, 6.07) is 8.57. The van der Waals surface area contributed by atoms with Crippen LogP contribution < -0.4 is 5.32 Å². The molecule has 0 aliphatic carbocycles. The third-order valence-corrected chi connectivity index (χ3v) is 5.69. The van der Waals surface area contributed by atoms with Crippen LogP contribution in [0, 0.1) is 0 Å². The van der Waals surface area contributed by atoms with E-state index in [9.17, 15) is 0 Å². The molecular weight excluding hydrogens is 312 g/mol. The number of hydrogen-bond donors (Lipinski definition) is 1. The van der Waals surface area contributed by atoms with Gasteiger partial charge >= 0.3 is 0 Å². The van der Waals surface area contributed by atoms with E-state index in [0.717, 1.165) is 19.6 Å². The van der Waals surface area contributed by atoms with Crippen LogP contribution >= 0.6 is 15.9 Å². The number of nitrogens with zero attached hydrogens (tertiary/aromatic N) is 1. The summed E-state index contributed by atoms with van der Waals surface area (Å²) in [5, 5.41) is 3.80. The molecule has 1 fully saturated rings. The molecule has 0 radical (unpaired) electrons. The fraction of sp³-hybridized carbons (Fsp3) is 0.647. The molecule has 1 saturated heterocycles. The van der Waals surface area contributed by atoms with Crippen molar-refractivity contribution in [3.05, 3.63) is 34.3 Å². The first-order chi connectivity index (χ1) is 9.42. The van der Waals surface area contributed by atoms with Gasteiger partial charge in [0, 0.05) is 35.2 Å². The molecule has 2 nitrogen and oxygen atoms in total. The Morgan fingerprint density at radius 3 is 2.45 bits per heavy atom. The van der Waals surface area contributed by atoms with Gasteiger partial charge in [0.2, 0.25) is 0 Å². The SMILES string of the molecule is CCC1(CC)CN(Cc2ccccc2Br)C(C)(C)CN1. The minimum Gasteiger partial charge on any atom is -0.308 e. The summed E-state index contributed by atoms with van der Waals surface area (Å²) in [4.78, 5) is 2.64. The number of hydrogen-bond acceptors (Lipinski definition) is 2. The molecule has 0 bridgehead atoms. The molecule has 1 heterocycles. The van der Waals surface area contributed by atoms with Crippen molar-refractivity contribution in [2.75, 3.05) is 13.1 Å². The molecule has 1 aromatic carbocycles. The number of nitrogens with one attached hydrogen (secondary N) is 1. The van der Waals surface area contributed by atoms with Crippen LogP contribution in [0.15, 0.2) is 28.7 Å². The van der Waals surface area contributed by atoms with Crippen LogP contribution in [-0.4, -0.2) is 29.1 Å². The Labute approximate surface area is 132 Å². The van der Waals surface area contributed by atoms with Crippen molar-refractivity contribution in [2.45, 2.75) is 58.2 Å². The first-order valence-corrected chi connectivity index (χ1v) is 8.45. The maximum atomic E-state index is 3.80. The Hall–Kier alpha value is -0.380. The van der Waals surface area contributed by atoms with E-state index >= 15 is 0 Å². The van der Waals surface area contributed by atoms with Gasteiger partial charge < -0.3 is 5.32 Å². The molecule has 0 amide bonds. The van der Waals surface area contributed by atoms with Gasteiger partial charge in [-0.15, -0.1) is 0 Å². The number of rotatable bonds is 4. The largest absolute Gasteiger partial charge is 0.308 e. The molecule has 3 heteroatoms. The van der Waals surface area contributed by atoms with Gasteiger partial charge in [-0.05, 0) is 38.3 Å². The number of benzene rings is 1. The number of piperazine rings is 1. The first kappa shape index (κ1) is 16.0. The Kier molecular flexibility index (Phi) is 4.93. The minimum absolute atomic E-state index is 0.198. The summed E-state index contributed by atoms with van der Waals surface area (Å²) >= 11 is 3.68. The summed E-state index contributed by atoms with van der Waals surface area (Å²) in [6.45, 7) is 12.5. The molecule has 0 saturated carbocycles. The average molecular weight is 339 g/mol. The van der Waals surface area contributed by atoms with Gasteiger partial charge in [0.15, 0.2) is 0 Å². The maximum Gasteiger partial charge on any atom is 0.0304 e. The van der Waals surface area contributed by atoms with Crippen molar-refractivity contribution in [1.82, 2.24) is 10.2 Å². The smallest absolute Gasteiger partial charge is 0.0304 e. The zero-order valence-electron chi connectivity index (χ0n) is 13.2. The van der Waals surface area contributed by atoms with Crippen molar-refractivity contribution >= 4 is 15.9 Å². The van der Waals surface area contributed by atoms with E-state index in [2.05, 4.69) is 78.1 Å². The Balaban J connectivity index is 2.20. The fourth-order valence-electron chi connectivity index (χ4n) is 2.98. The Bertz CT molecular complexity index is 452. The lowest BCUT2D eigenvalue weighted by molar-refractivity contribution is 0.0160. The minimum atomic E-state index is 0.198. The molecule has 0 aromatic heterocycles. The second kappa shape index (κ2) is 6.17. The van der Waals surface area contributed by atoms with Gasteiger partial charge in [0.1, 0.15) is 0 Å². The van der Waals surface area contributed by atoms with Crippen LogP contribution in [-0.2, 0) is 6.54 Å². The zero-order chi connectivity index (χ0) is 14.8. The highest BCUT2D eigenvalue weighted by atomic mass is 79.9. The third-order valence-electron chi connectivity index (χ3n) is 4.92. The van der Waals surface area contributed by atoms with E-state index in [1.807, 2.05) is 0 Å². The van der Waals surface area contributed by atoms with Gasteiger partial charge in [-0.25, -0.2) is 0 Å². The molecule has 1 aromatic rings. The average Bonchev–Trinajstić information content (AvgIpc) is 2.44. The molecule has 112 valence electrons. The van der Waals surface area contributed by atoms with Crippen molar-refractivity contribution in [1.29, 1.82) is 0 Å². The quantitative estimate of drug-likeness (QED) is 0.885. The first-order valence-electron chi connectivity index (χ1n) is 7.66. The van der Waals surface area contributed by atoms with Crippen LogP contribution in [0.4, 0.5) is 0 Å². The third kappa shape index (κ3) is 3.26. The lowest BCUT2D eigenvalue weighted by Crippen LogP contribution is -2.67. The number of halogens is 1. The van der Waals surface area contributed by atoms with E-state index in [0.29, 0.717) is 0 Å². The summed E-state index contributed by atoms with van der Waals surface area (Å²) in [6.07, 6.45) is 2.37. The summed E-state index contributed by atoms with van der Waals surface area (Å²) in [5.74, 6) is 0. The fourth-order valence-corrected chi connectivity index (χ4v) is 3.39. The molecule has 2 rings (SSSR count). The van der Waals surface area contributed by atoms with E-state index in [-0.39, 0.29) is 11.1 Å². The molecule has 1 N–H and O–H groups in total. The van der Waals surface area contributed by atoms with Crippen LogP contribution in [0.5, 0.6) is 0 Å². The highest BCUT2D eigenvalue weighted by Gasteiger charge is 2.40. The zero-order valence-corrected chi connectivity index (χ0v) is 14.8. The van der Waals surface area contributed by atoms with Gasteiger partial charge in [-0.1, -0.05) is 48.0 Å². The normalized spacial score (nSPS) is 21.9. The lowest BCUT2D eigenvalue weighted by atomic mass is 9.84. The van der Waals surface area contributed by atoms with Crippen LogP contribution in [0.2, 0.25) is 0 Å². The second-order valence-electron chi connectivity index (χ2n) is 6.60. The highest BCUT2D eigenvalue weighted by molar-refractivity contribution is 9.10. The van der Waals surface area contributed by atoms with Gasteiger partial charge in [0.05, 0.1) is 0 Å². The van der Waals surface area contributed by atoms with Gasteiger partial charge in [-0.2, -0.15) is 0 Å². The van der Waals surface area contributed by atoms with Crippen LogP contribution in [0.25, 0.3) is 0 Å². The van der Waals surface area contributed by atoms with Crippen molar-refractivity contribution in [3.63, 3.8) is 0 Å². The van der Waals surface area contributed by atoms with Crippen LogP contribution in [0.3, 0.4) is 0 Å². The monoisotopic (exact) mass is 338 g/mol. The van der Waals surface area contributed by atoms with Gasteiger partial charge in [0.25, 0.3) is 0 Å². The Morgan fingerprint density at radius 2 is 1.85 bits per heavy atom. The van der Waals surface area contributed by atoms with E-state index in [4.69, 9.17) is 0 Å². The summed E-state index contributed by atoms with van der Waals surface area (Å²) < 4.78 is 1.22. The summed E-state index contributed by atoms with van der Waals surface area (Å²) in [7, 11) is 0. The molecule has 0 unspecified atom stereocenters. The molecule has 1 aliphatic rings. The molecule has 0 spiro atoms. The lowest BCUT2D eigenvalue weighted by Gasteiger charge is -2.52. The maximum absolute atomic E-state index is 3.80. The van der Waals surface area contributed by atoms with Crippen LogP contribution in [0.1, 0.15) is 46.1 Å². The molecule has 0 atom stereocenters. The van der Waals surface area contributed by atoms with E-state index in [1.54, 1.807) is 0 Å². The van der Waals surface area contributed by atoms with Crippen molar-refractivity contribution in [2.24, 2.45) is 0 Å². The van der Waals surface area contributed by atoms with Crippen molar-refractivity contribution < 1.29 is 0 Å². The topological polar surface area (TPSA) is 15.3 Å². The molecular formula is C17H27BrN2. The summed E-state index contributed by atoms with van der Waals surface area (Å²) in [5.41, 5.74) is 1.85. The van der Waals surface area contributed by atoms with E-state index < -0.39 is 0 Å². The predicted molar refractivity (Wildman–Crippen MR) is 89.9 cm³/mol. The predicted octanol–water partition coefficient (Wildman–Crippen LogP) is 4.19. The van der Waals surface area contributed by atoms with E-state index in [1.165, 1.54) is 22.9 Å². The molecule has 20 heavy (non-hydrogen) atoms. The van der Waals surface area contributed by atoms with Crippen molar-refractivity contribution in [3.8, 4) is 0 Å². The highest BCUT2D eigenvalue weighted by Crippen LogP contribution is 2.30. The standard InChI is InChI=1S/C17H27BrN2/c1-5-17(6-2)13-20(16(3,4)12-19-17)11-14-9-7-8-10-15(14)18/h7-10,19H,5-6,11-13H2,1-4H3. The van der Waals surface area contributed by atoms with Gasteiger partial charge in [-0.3, -0.25) is 4.90 Å². The second-order valence-corrected chi connectivity index (χ2v) is 7.46. The molecule has 1 aliphatic heterocycles.